The Morgan fingerprint density at radius 2 is 2.27 bits per heavy atom. The standard InChI is InChI=1S/C11H11FN2O/c1-7-4-8-2-3-14(6-11(13)15)10(8)5-9(7)12/h2-5H,6H2,1H3,(H2,13,15). The summed E-state index contributed by atoms with van der Waals surface area (Å²) in [5, 5.41) is 0.912. The zero-order chi connectivity index (χ0) is 11.0. The van der Waals surface area contributed by atoms with E-state index in [1.807, 2.05) is 6.07 Å². The first-order valence-corrected chi connectivity index (χ1v) is 4.61. The average molecular weight is 206 g/mol. The van der Waals surface area contributed by atoms with Crippen LogP contribution in [0.4, 0.5) is 4.39 Å². The molecule has 0 atom stereocenters. The van der Waals surface area contributed by atoms with Crippen molar-refractivity contribution < 1.29 is 9.18 Å². The molecule has 4 heteroatoms. The molecule has 2 aromatic rings. The van der Waals surface area contributed by atoms with Gasteiger partial charge in [0.1, 0.15) is 12.4 Å². The zero-order valence-corrected chi connectivity index (χ0v) is 8.33. The topological polar surface area (TPSA) is 48.0 Å². The SMILES string of the molecule is Cc1cc2ccn(CC(N)=O)c2cc1F. The summed E-state index contributed by atoms with van der Waals surface area (Å²) < 4.78 is 15.0. The molecule has 0 saturated heterocycles. The van der Waals surface area contributed by atoms with Crippen LogP contribution in [0.15, 0.2) is 24.4 Å². The summed E-state index contributed by atoms with van der Waals surface area (Å²) in [5.41, 5.74) is 6.38. The minimum absolute atomic E-state index is 0.0754. The number of nitrogens with two attached hydrogens (primary N) is 1. The van der Waals surface area contributed by atoms with E-state index in [0.29, 0.717) is 11.1 Å². The third-order valence-electron chi connectivity index (χ3n) is 2.38. The van der Waals surface area contributed by atoms with E-state index in [1.54, 1.807) is 23.8 Å². The molecule has 0 aliphatic carbocycles. The van der Waals surface area contributed by atoms with Crippen molar-refractivity contribution in [1.82, 2.24) is 4.57 Å². The largest absolute Gasteiger partial charge is 0.368 e. The molecule has 0 aliphatic rings. The van der Waals surface area contributed by atoms with Gasteiger partial charge in [-0.2, -0.15) is 0 Å². The first-order valence-electron chi connectivity index (χ1n) is 4.61. The lowest BCUT2D eigenvalue weighted by molar-refractivity contribution is -0.118. The number of carbonyl (C=O) groups excluding carboxylic acids is 1. The molecule has 1 heterocycles. The monoisotopic (exact) mass is 206 g/mol. The van der Waals surface area contributed by atoms with Crippen molar-refractivity contribution in [1.29, 1.82) is 0 Å². The number of fused-ring (bicyclic) bond motifs is 1. The second kappa shape index (κ2) is 3.38. The minimum atomic E-state index is -0.437. The van der Waals surface area contributed by atoms with E-state index in [2.05, 4.69) is 0 Å². The van der Waals surface area contributed by atoms with Crippen LogP contribution in [-0.2, 0) is 11.3 Å². The maximum Gasteiger partial charge on any atom is 0.237 e. The van der Waals surface area contributed by atoms with E-state index in [0.717, 1.165) is 5.39 Å². The second-order valence-electron chi connectivity index (χ2n) is 3.57. The highest BCUT2D eigenvalue weighted by atomic mass is 19.1. The fourth-order valence-corrected chi connectivity index (χ4v) is 1.63. The fourth-order valence-electron chi connectivity index (χ4n) is 1.63. The molecule has 0 unspecified atom stereocenters. The van der Waals surface area contributed by atoms with Crippen molar-refractivity contribution in [2.75, 3.05) is 0 Å². The lowest BCUT2D eigenvalue weighted by Gasteiger charge is -2.03. The Labute approximate surface area is 86.3 Å². The van der Waals surface area contributed by atoms with Crippen molar-refractivity contribution in [2.24, 2.45) is 5.73 Å². The number of aryl methyl sites for hydroxylation is 1. The maximum absolute atomic E-state index is 13.3. The number of hydrogen-bond donors (Lipinski definition) is 1. The number of halogens is 1. The fraction of sp³-hybridized carbons (Fsp3) is 0.182. The Morgan fingerprint density at radius 3 is 2.93 bits per heavy atom. The van der Waals surface area contributed by atoms with E-state index >= 15 is 0 Å². The summed E-state index contributed by atoms with van der Waals surface area (Å²) in [4.78, 5) is 10.8. The molecule has 1 amide bonds. The van der Waals surface area contributed by atoms with Crippen LogP contribution in [0.25, 0.3) is 10.9 Å². The summed E-state index contributed by atoms with van der Waals surface area (Å²) in [5.74, 6) is -0.708. The Morgan fingerprint density at radius 1 is 1.53 bits per heavy atom. The summed E-state index contributed by atoms with van der Waals surface area (Å²) in [6, 6.07) is 5.01. The molecular formula is C11H11FN2O. The molecule has 0 fully saturated rings. The van der Waals surface area contributed by atoms with Crippen LogP contribution < -0.4 is 5.73 Å². The summed E-state index contributed by atoms with van der Waals surface area (Å²) in [6.45, 7) is 1.78. The highest BCUT2D eigenvalue weighted by molar-refractivity contribution is 5.83. The highest BCUT2D eigenvalue weighted by Crippen LogP contribution is 2.19. The van der Waals surface area contributed by atoms with Gasteiger partial charge in [0.25, 0.3) is 0 Å². The number of hydrogen-bond acceptors (Lipinski definition) is 1. The molecule has 0 bridgehead atoms. The van der Waals surface area contributed by atoms with E-state index in [4.69, 9.17) is 5.73 Å². The van der Waals surface area contributed by atoms with E-state index in [1.165, 1.54) is 6.07 Å². The van der Waals surface area contributed by atoms with Crippen molar-refractivity contribution in [3.05, 3.63) is 35.8 Å². The quantitative estimate of drug-likeness (QED) is 0.796. The van der Waals surface area contributed by atoms with Gasteiger partial charge in [-0.15, -0.1) is 0 Å². The van der Waals surface area contributed by atoms with E-state index in [9.17, 15) is 9.18 Å². The van der Waals surface area contributed by atoms with Gasteiger partial charge in [-0.1, -0.05) is 0 Å². The van der Waals surface area contributed by atoms with Crippen molar-refractivity contribution in [3.63, 3.8) is 0 Å². The first-order chi connectivity index (χ1) is 7.08. The van der Waals surface area contributed by atoms with Gasteiger partial charge in [0.2, 0.25) is 5.91 Å². The zero-order valence-electron chi connectivity index (χ0n) is 8.33. The summed E-state index contributed by atoms with van der Waals surface area (Å²) in [6.07, 6.45) is 1.73. The minimum Gasteiger partial charge on any atom is -0.368 e. The smallest absolute Gasteiger partial charge is 0.237 e. The van der Waals surface area contributed by atoms with Crippen LogP contribution in [0.2, 0.25) is 0 Å². The van der Waals surface area contributed by atoms with Crippen LogP contribution in [0.5, 0.6) is 0 Å². The molecule has 1 aromatic carbocycles. The normalized spacial score (nSPS) is 10.8. The number of aromatic nitrogens is 1. The predicted octanol–water partition coefficient (Wildman–Crippen LogP) is 1.57. The van der Waals surface area contributed by atoms with Crippen LogP contribution in [-0.4, -0.2) is 10.5 Å². The number of amides is 1. The van der Waals surface area contributed by atoms with Crippen LogP contribution >= 0.6 is 0 Å². The second-order valence-corrected chi connectivity index (χ2v) is 3.57. The van der Waals surface area contributed by atoms with Gasteiger partial charge in [0.05, 0.1) is 5.52 Å². The van der Waals surface area contributed by atoms with Crippen molar-refractivity contribution >= 4 is 16.8 Å². The molecule has 1 aromatic heterocycles. The average Bonchev–Trinajstić information content (AvgIpc) is 2.49. The number of rotatable bonds is 2. The van der Waals surface area contributed by atoms with Gasteiger partial charge >= 0.3 is 0 Å². The number of benzene rings is 1. The molecular weight excluding hydrogens is 195 g/mol. The molecule has 0 aliphatic heterocycles. The third-order valence-corrected chi connectivity index (χ3v) is 2.38. The molecule has 3 nitrogen and oxygen atoms in total. The van der Waals surface area contributed by atoms with E-state index in [-0.39, 0.29) is 12.4 Å². The van der Waals surface area contributed by atoms with Crippen LogP contribution in [0.1, 0.15) is 5.56 Å². The van der Waals surface area contributed by atoms with Gasteiger partial charge in [-0.05, 0) is 30.7 Å². The Bertz CT molecular complexity index is 531. The number of carbonyl (C=O) groups is 1. The summed E-state index contributed by atoms with van der Waals surface area (Å²) >= 11 is 0. The molecule has 2 rings (SSSR count). The van der Waals surface area contributed by atoms with Crippen LogP contribution in [0, 0.1) is 12.7 Å². The number of primary amides is 1. The summed E-state index contributed by atoms with van der Waals surface area (Å²) in [7, 11) is 0. The van der Waals surface area contributed by atoms with Crippen LogP contribution in [0.3, 0.4) is 0 Å². The molecule has 15 heavy (non-hydrogen) atoms. The molecule has 78 valence electrons. The predicted molar refractivity (Wildman–Crippen MR) is 55.8 cm³/mol. The lowest BCUT2D eigenvalue weighted by atomic mass is 10.2. The molecule has 0 saturated carbocycles. The maximum atomic E-state index is 13.3. The van der Waals surface area contributed by atoms with Crippen molar-refractivity contribution in [3.8, 4) is 0 Å². The molecule has 0 spiro atoms. The first kappa shape index (κ1) is 9.71. The highest BCUT2D eigenvalue weighted by Gasteiger charge is 2.06. The van der Waals surface area contributed by atoms with Gasteiger partial charge in [-0.25, -0.2) is 4.39 Å². The molecule has 0 radical (unpaired) electrons. The van der Waals surface area contributed by atoms with Gasteiger partial charge in [-0.3, -0.25) is 4.79 Å². The Balaban J connectivity index is 2.59. The lowest BCUT2D eigenvalue weighted by Crippen LogP contribution is -2.17. The Kier molecular flexibility index (Phi) is 2.19. The van der Waals surface area contributed by atoms with Gasteiger partial charge < -0.3 is 10.3 Å². The van der Waals surface area contributed by atoms with E-state index < -0.39 is 5.91 Å². The van der Waals surface area contributed by atoms with Gasteiger partial charge in [0, 0.05) is 11.6 Å². The molecule has 2 N–H and O–H groups in total. The third kappa shape index (κ3) is 1.70. The van der Waals surface area contributed by atoms with Crippen molar-refractivity contribution in [2.45, 2.75) is 13.5 Å². The van der Waals surface area contributed by atoms with Gasteiger partial charge in [0.15, 0.2) is 0 Å². The number of nitrogens with zero attached hydrogens (tertiary/aromatic N) is 1. The Hall–Kier alpha value is -1.84.